The maximum atomic E-state index is 10.8. The number of rotatable bonds is 3. The van der Waals surface area contributed by atoms with Gasteiger partial charge in [-0.2, -0.15) is 0 Å². The van der Waals surface area contributed by atoms with Gasteiger partial charge in [-0.25, -0.2) is 0 Å². The van der Waals surface area contributed by atoms with Crippen molar-refractivity contribution in [2.45, 2.75) is 27.2 Å². The Morgan fingerprint density at radius 2 is 2.08 bits per heavy atom. The van der Waals surface area contributed by atoms with Crippen LogP contribution >= 0.6 is 0 Å². The maximum Gasteiger partial charge on any atom is 0.167 e. The average molecular weight is 177 g/mol. The molecule has 1 rings (SSSR count). The monoisotopic (exact) mass is 177 g/mol. The summed E-state index contributed by atoms with van der Waals surface area (Å²) in [6.45, 7) is 9.78. The minimum absolute atomic E-state index is 0.726. The van der Waals surface area contributed by atoms with Crippen LogP contribution in [-0.4, -0.2) is 10.9 Å². The lowest BCUT2D eigenvalue weighted by Gasteiger charge is -1.99. The Hall–Kier alpha value is -1.31. The molecule has 0 unspecified atom stereocenters. The lowest BCUT2D eigenvalue weighted by Crippen LogP contribution is -1.95. The molecule has 0 aliphatic rings. The van der Waals surface area contributed by atoms with Crippen molar-refractivity contribution in [2.24, 2.45) is 0 Å². The van der Waals surface area contributed by atoms with E-state index < -0.39 is 0 Å². The number of carbonyl (C=O) groups is 1. The standard InChI is InChI=1S/C11H15NO/c1-5-10-8(3)11(7-13)12(6-2)9(10)4/h6-7H,2,5H2,1,3-4H3. The summed E-state index contributed by atoms with van der Waals surface area (Å²) in [6, 6.07) is 0. The molecule has 0 spiro atoms. The molecule has 0 aromatic carbocycles. The topological polar surface area (TPSA) is 22.0 Å². The van der Waals surface area contributed by atoms with Crippen molar-refractivity contribution >= 4 is 12.5 Å². The van der Waals surface area contributed by atoms with Gasteiger partial charge in [0.05, 0.1) is 5.69 Å². The van der Waals surface area contributed by atoms with Gasteiger partial charge in [-0.05, 0) is 31.4 Å². The van der Waals surface area contributed by atoms with E-state index in [4.69, 9.17) is 0 Å². The van der Waals surface area contributed by atoms with E-state index in [1.807, 2.05) is 18.4 Å². The fraction of sp³-hybridized carbons (Fsp3) is 0.364. The van der Waals surface area contributed by atoms with Crippen LogP contribution in [0.3, 0.4) is 0 Å². The lowest BCUT2D eigenvalue weighted by molar-refractivity contribution is 0.111. The molecular formula is C11H15NO. The largest absolute Gasteiger partial charge is 0.318 e. The van der Waals surface area contributed by atoms with Gasteiger partial charge in [0.1, 0.15) is 0 Å². The first kappa shape index (κ1) is 9.78. The van der Waals surface area contributed by atoms with Crippen LogP contribution < -0.4 is 0 Å². The number of aromatic nitrogens is 1. The van der Waals surface area contributed by atoms with E-state index in [9.17, 15) is 4.79 Å². The summed E-state index contributed by atoms with van der Waals surface area (Å²) in [5.41, 5.74) is 4.18. The molecular weight excluding hydrogens is 162 g/mol. The van der Waals surface area contributed by atoms with Crippen molar-refractivity contribution in [1.29, 1.82) is 0 Å². The lowest BCUT2D eigenvalue weighted by atomic mass is 10.1. The zero-order chi connectivity index (χ0) is 10.0. The number of hydrogen-bond acceptors (Lipinski definition) is 1. The highest BCUT2D eigenvalue weighted by Gasteiger charge is 2.13. The van der Waals surface area contributed by atoms with Crippen LogP contribution in [0.4, 0.5) is 0 Å². The van der Waals surface area contributed by atoms with Crippen molar-refractivity contribution < 1.29 is 4.79 Å². The molecule has 0 atom stereocenters. The second kappa shape index (κ2) is 3.60. The van der Waals surface area contributed by atoms with E-state index in [1.54, 1.807) is 6.20 Å². The van der Waals surface area contributed by atoms with Gasteiger partial charge in [0, 0.05) is 11.9 Å². The van der Waals surface area contributed by atoms with E-state index in [0.29, 0.717) is 0 Å². The Labute approximate surface area is 78.9 Å². The first-order chi connectivity index (χ1) is 6.17. The van der Waals surface area contributed by atoms with Crippen LogP contribution in [-0.2, 0) is 6.42 Å². The quantitative estimate of drug-likeness (QED) is 0.650. The first-order valence-corrected chi connectivity index (χ1v) is 4.45. The van der Waals surface area contributed by atoms with E-state index in [-0.39, 0.29) is 0 Å². The molecule has 0 bridgehead atoms. The molecule has 0 aliphatic heterocycles. The second-order valence-corrected chi connectivity index (χ2v) is 3.10. The highest BCUT2D eigenvalue weighted by Crippen LogP contribution is 2.21. The molecule has 0 N–H and O–H groups in total. The fourth-order valence-electron chi connectivity index (χ4n) is 1.83. The summed E-state index contributed by atoms with van der Waals surface area (Å²) < 4.78 is 1.85. The van der Waals surface area contributed by atoms with Crippen molar-refractivity contribution in [3.05, 3.63) is 29.1 Å². The van der Waals surface area contributed by atoms with Gasteiger partial charge in [0.15, 0.2) is 6.29 Å². The Morgan fingerprint density at radius 1 is 1.46 bits per heavy atom. The molecule has 0 radical (unpaired) electrons. The van der Waals surface area contributed by atoms with Gasteiger partial charge in [0.25, 0.3) is 0 Å². The molecule has 1 heterocycles. The van der Waals surface area contributed by atoms with Gasteiger partial charge in [0.2, 0.25) is 0 Å². The van der Waals surface area contributed by atoms with E-state index in [2.05, 4.69) is 13.5 Å². The van der Waals surface area contributed by atoms with Crippen LogP contribution in [0.5, 0.6) is 0 Å². The van der Waals surface area contributed by atoms with Crippen molar-refractivity contribution in [3.8, 4) is 0 Å². The number of nitrogens with zero attached hydrogens (tertiary/aromatic N) is 1. The Kier molecular flexibility index (Phi) is 2.71. The molecule has 0 saturated carbocycles. The molecule has 0 fully saturated rings. The third kappa shape index (κ3) is 1.32. The number of carbonyl (C=O) groups excluding carboxylic acids is 1. The smallest absolute Gasteiger partial charge is 0.167 e. The SMILES string of the molecule is C=Cn1c(C)c(CC)c(C)c1C=O. The molecule has 2 heteroatoms. The Bertz CT molecular complexity index is 316. The van der Waals surface area contributed by atoms with Gasteiger partial charge in [-0.1, -0.05) is 13.5 Å². The second-order valence-electron chi connectivity index (χ2n) is 3.10. The molecule has 0 saturated heterocycles. The van der Waals surface area contributed by atoms with Crippen molar-refractivity contribution in [1.82, 2.24) is 4.57 Å². The van der Waals surface area contributed by atoms with Gasteiger partial charge < -0.3 is 4.57 Å². The fourth-order valence-corrected chi connectivity index (χ4v) is 1.83. The molecule has 0 amide bonds. The molecule has 70 valence electrons. The third-order valence-electron chi connectivity index (χ3n) is 2.54. The normalized spacial score (nSPS) is 10.1. The van der Waals surface area contributed by atoms with E-state index in [1.165, 1.54) is 5.56 Å². The van der Waals surface area contributed by atoms with Gasteiger partial charge in [-0.15, -0.1) is 0 Å². The molecule has 0 aliphatic carbocycles. The van der Waals surface area contributed by atoms with Gasteiger partial charge in [-0.3, -0.25) is 4.79 Å². The predicted molar refractivity (Wildman–Crippen MR) is 55.1 cm³/mol. The molecule has 1 aromatic heterocycles. The highest BCUT2D eigenvalue weighted by molar-refractivity contribution is 5.78. The van der Waals surface area contributed by atoms with Crippen LogP contribution in [0, 0.1) is 13.8 Å². The summed E-state index contributed by atoms with van der Waals surface area (Å²) in [5, 5.41) is 0. The Balaban J connectivity index is 3.50. The number of hydrogen-bond donors (Lipinski definition) is 0. The third-order valence-corrected chi connectivity index (χ3v) is 2.54. The summed E-state index contributed by atoms with van der Waals surface area (Å²) in [5.74, 6) is 0. The summed E-state index contributed by atoms with van der Waals surface area (Å²) in [6.07, 6.45) is 3.54. The summed E-state index contributed by atoms with van der Waals surface area (Å²) in [7, 11) is 0. The first-order valence-electron chi connectivity index (χ1n) is 4.45. The van der Waals surface area contributed by atoms with E-state index >= 15 is 0 Å². The molecule has 1 aromatic rings. The van der Waals surface area contributed by atoms with Crippen LogP contribution in [0.2, 0.25) is 0 Å². The summed E-state index contributed by atoms with van der Waals surface area (Å²) in [4.78, 5) is 10.8. The number of aldehydes is 1. The zero-order valence-corrected chi connectivity index (χ0v) is 8.42. The molecule has 2 nitrogen and oxygen atoms in total. The molecule has 13 heavy (non-hydrogen) atoms. The van der Waals surface area contributed by atoms with Crippen molar-refractivity contribution in [3.63, 3.8) is 0 Å². The maximum absolute atomic E-state index is 10.8. The Morgan fingerprint density at radius 3 is 2.38 bits per heavy atom. The van der Waals surface area contributed by atoms with Crippen LogP contribution in [0.25, 0.3) is 6.20 Å². The predicted octanol–water partition coefficient (Wildman–Crippen LogP) is 2.58. The minimum Gasteiger partial charge on any atom is -0.318 e. The summed E-state index contributed by atoms with van der Waals surface area (Å²) >= 11 is 0. The van der Waals surface area contributed by atoms with E-state index in [0.717, 1.165) is 29.7 Å². The van der Waals surface area contributed by atoms with Crippen LogP contribution in [0.15, 0.2) is 6.58 Å². The zero-order valence-electron chi connectivity index (χ0n) is 8.42. The van der Waals surface area contributed by atoms with Crippen molar-refractivity contribution in [2.75, 3.05) is 0 Å². The average Bonchev–Trinajstić information content (AvgIpc) is 2.36. The van der Waals surface area contributed by atoms with Crippen LogP contribution in [0.1, 0.15) is 34.2 Å². The highest BCUT2D eigenvalue weighted by atomic mass is 16.1. The van der Waals surface area contributed by atoms with Gasteiger partial charge >= 0.3 is 0 Å². The minimum atomic E-state index is 0.726.